The fraction of sp³-hybridized carbons (Fsp3) is 0.538. The summed E-state index contributed by atoms with van der Waals surface area (Å²) >= 11 is 0. The summed E-state index contributed by atoms with van der Waals surface area (Å²) in [4.78, 5) is 2.37. The fourth-order valence-corrected chi connectivity index (χ4v) is 2.54. The first-order valence-corrected chi connectivity index (χ1v) is 6.00. The van der Waals surface area contributed by atoms with E-state index in [0.29, 0.717) is 17.8 Å². The monoisotopic (exact) mass is 220 g/mol. The van der Waals surface area contributed by atoms with Crippen molar-refractivity contribution in [2.75, 3.05) is 13.1 Å². The van der Waals surface area contributed by atoms with Gasteiger partial charge in [-0.05, 0) is 18.9 Å². The number of hydrogen-bond acceptors (Lipinski definition) is 3. The molecule has 1 aliphatic rings. The van der Waals surface area contributed by atoms with Crippen LogP contribution in [0.15, 0.2) is 24.3 Å². The number of aromatic hydroxyl groups is 1. The molecule has 3 nitrogen and oxygen atoms in total. The number of benzene rings is 1. The van der Waals surface area contributed by atoms with Crippen molar-refractivity contribution in [3.63, 3.8) is 0 Å². The molecule has 2 atom stereocenters. The van der Waals surface area contributed by atoms with Gasteiger partial charge in [-0.3, -0.25) is 4.90 Å². The number of hydrogen-bond donors (Lipinski definition) is 2. The van der Waals surface area contributed by atoms with E-state index in [9.17, 15) is 5.11 Å². The number of phenols is 1. The lowest BCUT2D eigenvalue weighted by molar-refractivity contribution is 0.232. The van der Waals surface area contributed by atoms with Crippen molar-refractivity contribution in [2.45, 2.75) is 31.8 Å². The molecule has 1 aromatic rings. The van der Waals surface area contributed by atoms with Crippen LogP contribution in [0.3, 0.4) is 0 Å². The zero-order valence-corrected chi connectivity index (χ0v) is 9.76. The molecular formula is C13H20N2O. The third-order valence-corrected chi connectivity index (χ3v) is 3.38. The molecule has 2 rings (SSSR count). The van der Waals surface area contributed by atoms with E-state index in [1.807, 2.05) is 18.2 Å². The summed E-state index contributed by atoms with van der Waals surface area (Å²) in [5.74, 6) is 0.398. The largest absolute Gasteiger partial charge is 0.508 e. The minimum atomic E-state index is 0.292. The highest BCUT2D eigenvalue weighted by Crippen LogP contribution is 2.32. The minimum Gasteiger partial charge on any atom is -0.508 e. The van der Waals surface area contributed by atoms with Gasteiger partial charge in [0.15, 0.2) is 0 Å². The van der Waals surface area contributed by atoms with Crippen molar-refractivity contribution in [1.29, 1.82) is 0 Å². The lowest BCUT2D eigenvalue weighted by Gasteiger charge is -2.27. The molecule has 88 valence electrons. The van der Waals surface area contributed by atoms with Crippen molar-refractivity contribution in [3.05, 3.63) is 29.8 Å². The van der Waals surface area contributed by atoms with E-state index < -0.39 is 0 Å². The zero-order chi connectivity index (χ0) is 11.5. The van der Waals surface area contributed by atoms with Crippen LogP contribution in [0.5, 0.6) is 5.75 Å². The molecule has 1 aromatic carbocycles. The quantitative estimate of drug-likeness (QED) is 0.817. The minimum absolute atomic E-state index is 0.292. The Labute approximate surface area is 96.9 Å². The average Bonchev–Trinajstić information content (AvgIpc) is 2.69. The van der Waals surface area contributed by atoms with Gasteiger partial charge in [0, 0.05) is 30.7 Å². The lowest BCUT2D eigenvalue weighted by Crippen LogP contribution is -2.30. The van der Waals surface area contributed by atoms with E-state index in [4.69, 9.17) is 5.73 Å². The molecule has 2 unspecified atom stereocenters. The number of phenolic OH excluding ortho intramolecular Hbond substituents is 1. The highest BCUT2D eigenvalue weighted by atomic mass is 16.3. The predicted octanol–water partition coefficient (Wildman–Crippen LogP) is 1.88. The second kappa shape index (κ2) is 4.85. The lowest BCUT2D eigenvalue weighted by atomic mass is 10.0. The standard InChI is InChI=1S/C13H20N2O/c1-2-12(15-8-7-10(14)9-15)11-5-3-4-6-13(11)16/h3-6,10,12,16H,2,7-9,14H2,1H3. The van der Waals surface area contributed by atoms with E-state index in [1.54, 1.807) is 6.07 Å². The molecule has 1 aliphatic heterocycles. The maximum Gasteiger partial charge on any atom is 0.120 e. The van der Waals surface area contributed by atoms with Gasteiger partial charge >= 0.3 is 0 Å². The van der Waals surface area contributed by atoms with Gasteiger partial charge in [-0.15, -0.1) is 0 Å². The summed E-state index contributed by atoms with van der Waals surface area (Å²) in [6.07, 6.45) is 2.06. The van der Waals surface area contributed by atoms with Gasteiger partial charge in [0.1, 0.15) is 5.75 Å². The van der Waals surface area contributed by atoms with Crippen LogP contribution in [0.2, 0.25) is 0 Å². The molecule has 0 saturated carbocycles. The Morgan fingerprint density at radius 3 is 2.81 bits per heavy atom. The van der Waals surface area contributed by atoms with E-state index in [1.165, 1.54) is 0 Å². The van der Waals surface area contributed by atoms with E-state index in [2.05, 4.69) is 11.8 Å². The first-order valence-electron chi connectivity index (χ1n) is 6.00. The Morgan fingerprint density at radius 2 is 2.25 bits per heavy atom. The van der Waals surface area contributed by atoms with E-state index >= 15 is 0 Å². The molecule has 0 radical (unpaired) electrons. The van der Waals surface area contributed by atoms with Crippen LogP contribution in [0, 0.1) is 0 Å². The first kappa shape index (κ1) is 11.4. The molecular weight excluding hydrogens is 200 g/mol. The van der Waals surface area contributed by atoms with Crippen molar-refractivity contribution < 1.29 is 5.11 Å². The van der Waals surface area contributed by atoms with Crippen LogP contribution in [0.1, 0.15) is 31.4 Å². The molecule has 0 spiro atoms. The first-order chi connectivity index (χ1) is 7.72. The molecule has 1 heterocycles. The van der Waals surface area contributed by atoms with Crippen LogP contribution in [0.4, 0.5) is 0 Å². The summed E-state index contributed by atoms with van der Waals surface area (Å²) in [7, 11) is 0. The average molecular weight is 220 g/mol. The van der Waals surface area contributed by atoms with Gasteiger partial charge in [0.05, 0.1) is 0 Å². The maximum atomic E-state index is 9.88. The molecule has 0 amide bonds. The van der Waals surface area contributed by atoms with E-state index in [-0.39, 0.29) is 0 Å². The van der Waals surface area contributed by atoms with E-state index in [0.717, 1.165) is 31.5 Å². The third-order valence-electron chi connectivity index (χ3n) is 3.38. The molecule has 3 heteroatoms. The summed E-state index contributed by atoms with van der Waals surface area (Å²) in [5, 5.41) is 9.88. The van der Waals surface area contributed by atoms with Crippen molar-refractivity contribution >= 4 is 0 Å². The Kier molecular flexibility index (Phi) is 3.46. The van der Waals surface area contributed by atoms with Crippen LogP contribution in [-0.4, -0.2) is 29.1 Å². The number of nitrogens with zero attached hydrogens (tertiary/aromatic N) is 1. The predicted molar refractivity (Wildman–Crippen MR) is 65.3 cm³/mol. The van der Waals surface area contributed by atoms with Crippen molar-refractivity contribution in [3.8, 4) is 5.75 Å². The molecule has 16 heavy (non-hydrogen) atoms. The van der Waals surface area contributed by atoms with Gasteiger partial charge in [-0.25, -0.2) is 0 Å². The van der Waals surface area contributed by atoms with Crippen molar-refractivity contribution in [2.24, 2.45) is 5.73 Å². The molecule has 0 bridgehead atoms. The second-order valence-electron chi connectivity index (χ2n) is 4.53. The Balaban J connectivity index is 2.19. The number of rotatable bonds is 3. The van der Waals surface area contributed by atoms with Gasteiger partial charge in [0.25, 0.3) is 0 Å². The van der Waals surface area contributed by atoms with Gasteiger partial charge in [0.2, 0.25) is 0 Å². The summed E-state index contributed by atoms with van der Waals surface area (Å²) < 4.78 is 0. The van der Waals surface area contributed by atoms with Gasteiger partial charge in [-0.2, -0.15) is 0 Å². The van der Waals surface area contributed by atoms with Gasteiger partial charge in [-0.1, -0.05) is 25.1 Å². The molecule has 0 aromatic heterocycles. The maximum absolute atomic E-state index is 9.88. The highest BCUT2D eigenvalue weighted by Gasteiger charge is 2.27. The smallest absolute Gasteiger partial charge is 0.120 e. The third kappa shape index (κ3) is 2.20. The topological polar surface area (TPSA) is 49.5 Å². The Morgan fingerprint density at radius 1 is 1.50 bits per heavy atom. The summed E-state index contributed by atoms with van der Waals surface area (Å²) in [5.41, 5.74) is 6.96. The molecule has 1 fully saturated rings. The zero-order valence-electron chi connectivity index (χ0n) is 9.76. The van der Waals surface area contributed by atoms with Crippen LogP contribution < -0.4 is 5.73 Å². The number of nitrogens with two attached hydrogens (primary N) is 1. The van der Waals surface area contributed by atoms with Crippen LogP contribution in [0.25, 0.3) is 0 Å². The van der Waals surface area contributed by atoms with Crippen molar-refractivity contribution in [1.82, 2.24) is 4.90 Å². The normalized spacial score (nSPS) is 23.5. The second-order valence-corrected chi connectivity index (χ2v) is 4.53. The highest BCUT2D eigenvalue weighted by molar-refractivity contribution is 5.34. The Bertz CT molecular complexity index is 354. The number of likely N-dealkylation sites (tertiary alicyclic amines) is 1. The number of para-hydroxylation sites is 1. The van der Waals surface area contributed by atoms with Crippen LogP contribution in [-0.2, 0) is 0 Å². The van der Waals surface area contributed by atoms with Gasteiger partial charge < -0.3 is 10.8 Å². The summed E-state index contributed by atoms with van der Waals surface area (Å²) in [6.45, 7) is 4.13. The molecule has 0 aliphatic carbocycles. The fourth-order valence-electron chi connectivity index (χ4n) is 2.54. The van der Waals surface area contributed by atoms with Crippen LogP contribution >= 0.6 is 0 Å². The SMILES string of the molecule is CCC(c1ccccc1O)N1CCC(N)C1. The molecule has 1 saturated heterocycles. The molecule has 3 N–H and O–H groups in total. The Hall–Kier alpha value is -1.06. The summed E-state index contributed by atoms with van der Waals surface area (Å²) in [6, 6.07) is 8.20.